The Morgan fingerprint density at radius 3 is 1.05 bits per heavy atom. The number of fused-ring (bicyclic) bond motifs is 6. The lowest BCUT2D eigenvalue weighted by Gasteiger charge is -2.37. The van der Waals surface area contributed by atoms with Gasteiger partial charge in [-0.3, -0.25) is 0 Å². The molecule has 0 N–H and O–H groups in total. The zero-order chi connectivity index (χ0) is 54.3. The lowest BCUT2D eigenvalue weighted by Crippen LogP contribution is -3.00. The van der Waals surface area contributed by atoms with Crippen LogP contribution in [0, 0.1) is 0 Å². The minimum absolute atomic E-state index is 0. The molecule has 0 bridgehead atoms. The Hall–Kier alpha value is -3.10. The number of rotatable bonds is 18. The molecule has 0 spiro atoms. The normalized spacial score (nSPS) is 15.4. The van der Waals surface area contributed by atoms with Crippen LogP contribution in [0.25, 0.3) is 32.9 Å². The number of anilines is 3. The summed E-state index contributed by atoms with van der Waals surface area (Å²) in [6.07, 6.45) is 31.0. The molecule has 82 heavy (non-hydrogen) atoms. The third-order valence-corrected chi connectivity index (χ3v) is 19.1. The molecule has 0 atom stereocenters. The van der Waals surface area contributed by atoms with Gasteiger partial charge in [-0.15, -0.1) is 11.6 Å². The van der Waals surface area contributed by atoms with Crippen molar-refractivity contribution in [3.63, 3.8) is 0 Å². The highest BCUT2D eigenvalue weighted by molar-refractivity contribution is 9.08. The van der Waals surface area contributed by atoms with Crippen molar-refractivity contribution in [1.29, 1.82) is 0 Å². The predicted octanol–water partition coefficient (Wildman–Crippen LogP) is 7.69. The van der Waals surface area contributed by atoms with Crippen molar-refractivity contribution in [3.8, 4) is 0 Å². The zero-order valence-electron chi connectivity index (χ0n) is 48.9. The molecular weight excluding hydrogens is 1310 g/mol. The number of alkyl halides is 2. The first kappa shape index (κ1) is 68.0. The van der Waals surface area contributed by atoms with Gasteiger partial charge in [0.15, 0.2) is 0 Å². The van der Waals surface area contributed by atoms with Crippen molar-refractivity contribution in [2.75, 3.05) is 54.0 Å². The Balaban J connectivity index is 0.000000193. The maximum absolute atomic E-state index is 12.8. The first-order valence-corrected chi connectivity index (χ1v) is 32.6. The van der Waals surface area contributed by atoms with Crippen molar-refractivity contribution in [2.45, 2.75) is 226 Å². The first-order valence-electron chi connectivity index (χ1n) is 31.0. The fourth-order valence-electron chi connectivity index (χ4n) is 14.5. The number of hydrogen-bond acceptors (Lipinski definition) is 9. The van der Waals surface area contributed by atoms with E-state index in [1.165, 1.54) is 137 Å². The third-order valence-electron chi connectivity index (χ3n) is 18.3. The van der Waals surface area contributed by atoms with Crippen LogP contribution in [-0.2, 0) is 75.4 Å². The van der Waals surface area contributed by atoms with E-state index in [1.54, 1.807) is 0 Å². The molecule has 0 fully saturated rings. The van der Waals surface area contributed by atoms with E-state index in [2.05, 4.69) is 76.5 Å². The van der Waals surface area contributed by atoms with E-state index >= 15 is 0 Å². The van der Waals surface area contributed by atoms with Gasteiger partial charge in [0.2, 0.25) is 0 Å². The van der Waals surface area contributed by atoms with Crippen LogP contribution in [0.3, 0.4) is 0 Å². The SMILES string of the molecule is C.CCCCCCc1c(CBr)c2cc3c4c(c2oc1=O)CCCN4CCC3.CCCCCCc1c(CC)c2cc3c4c(c2oc1=O)CCCN4CCC3.CCCCCCc1c(CCl)c2cc3c4c(c2oc1=O)CCCN4CCC3.[Br-].[Br-].[Br-]. The fourth-order valence-corrected chi connectivity index (χ4v) is 15.4. The summed E-state index contributed by atoms with van der Waals surface area (Å²) in [7, 11) is 0. The van der Waals surface area contributed by atoms with Gasteiger partial charge in [0.25, 0.3) is 0 Å². The molecule has 9 nitrogen and oxygen atoms in total. The maximum Gasteiger partial charge on any atom is 0.339 e. The molecule has 6 aliphatic heterocycles. The number of nitrogens with zero attached hydrogens (tertiary/aromatic N) is 3. The minimum atomic E-state index is -0.172. The molecule has 0 amide bonds. The molecule has 3 aromatic heterocycles. The summed E-state index contributed by atoms with van der Waals surface area (Å²) in [6, 6.07) is 6.94. The monoisotopic (exact) mass is 1400 g/mol. The molecular formula is C68H91Br4ClN3O6-3. The van der Waals surface area contributed by atoms with Crippen molar-refractivity contribution in [1.82, 2.24) is 0 Å². The lowest BCUT2D eigenvalue weighted by atomic mass is 9.87. The Labute approximate surface area is 533 Å². The average molecular weight is 1400 g/mol. The van der Waals surface area contributed by atoms with E-state index in [0.29, 0.717) is 5.88 Å². The van der Waals surface area contributed by atoms with Crippen molar-refractivity contribution in [3.05, 3.63) is 116 Å². The van der Waals surface area contributed by atoms with Gasteiger partial charge in [-0.2, -0.15) is 0 Å². The standard InChI is InChI=1S/C23H31NO2.C22H28BrNO2.C22H28ClNO2.CH4.3BrH/c1-3-5-6-7-11-18-17(4-2)20-15-16-10-8-13-24-14-9-12-19(21(16)24)22(20)26-23(18)25;2*1-2-3-4-5-9-16-19(14-23)18-13-15-8-6-11-24-12-7-10-17(20(15)24)21(18)26-22(16)25;;;;/h15H,3-14H2,1-2H3;2*13H,2-12,14H2,1H3;1H4;3*1H/p-3. The molecule has 12 rings (SSSR count). The van der Waals surface area contributed by atoms with Crippen LogP contribution < -0.4 is 82.5 Å². The molecule has 0 saturated heterocycles. The van der Waals surface area contributed by atoms with Crippen molar-refractivity contribution < 1.29 is 64.2 Å². The Kier molecular flexibility index (Phi) is 26.6. The second-order valence-corrected chi connectivity index (χ2v) is 24.2. The van der Waals surface area contributed by atoms with Crippen LogP contribution in [0.4, 0.5) is 17.1 Å². The Morgan fingerprint density at radius 1 is 0.427 bits per heavy atom. The number of hydrogen-bond donors (Lipinski definition) is 0. The molecule has 0 aliphatic carbocycles. The summed E-state index contributed by atoms with van der Waals surface area (Å²) in [5.74, 6) is 0.382. The van der Waals surface area contributed by atoms with Crippen LogP contribution >= 0.6 is 27.5 Å². The van der Waals surface area contributed by atoms with Crippen molar-refractivity contribution in [2.24, 2.45) is 0 Å². The summed E-state index contributed by atoms with van der Waals surface area (Å²) in [5.41, 5.74) is 20.5. The highest BCUT2D eigenvalue weighted by atomic mass is 79.9. The summed E-state index contributed by atoms with van der Waals surface area (Å²) in [6.45, 7) is 15.6. The molecule has 3 aromatic carbocycles. The number of halogens is 5. The molecule has 452 valence electrons. The molecule has 0 radical (unpaired) electrons. The molecule has 6 aromatic rings. The number of benzene rings is 3. The quantitative estimate of drug-likeness (QED) is 0.0488. The van der Waals surface area contributed by atoms with E-state index in [1.807, 2.05) is 0 Å². The van der Waals surface area contributed by atoms with Crippen LogP contribution in [0.1, 0.15) is 217 Å². The van der Waals surface area contributed by atoms with Crippen molar-refractivity contribution >= 4 is 77.5 Å². The van der Waals surface area contributed by atoms with E-state index in [4.69, 9.17) is 24.9 Å². The predicted molar refractivity (Wildman–Crippen MR) is 336 cm³/mol. The second-order valence-electron chi connectivity index (χ2n) is 23.4. The van der Waals surface area contributed by atoms with Gasteiger partial charge in [0, 0.05) is 117 Å². The van der Waals surface area contributed by atoms with Crippen LogP contribution in [0.2, 0.25) is 0 Å². The highest BCUT2D eigenvalue weighted by Gasteiger charge is 2.32. The first-order chi connectivity index (χ1) is 38.2. The topological polar surface area (TPSA) is 100 Å². The summed E-state index contributed by atoms with van der Waals surface area (Å²) >= 11 is 10.0. The van der Waals surface area contributed by atoms with E-state index in [0.717, 1.165) is 204 Å². The van der Waals surface area contributed by atoms with Gasteiger partial charge in [0.05, 0.1) is 0 Å². The van der Waals surface area contributed by atoms with Crippen LogP contribution in [-0.4, -0.2) is 39.3 Å². The molecule has 6 aliphatic rings. The number of aryl methyl sites for hydroxylation is 7. The molecule has 9 heterocycles. The van der Waals surface area contributed by atoms with Crippen LogP contribution in [0.15, 0.2) is 45.8 Å². The number of unbranched alkanes of at least 4 members (excludes halogenated alkanes) is 9. The van der Waals surface area contributed by atoms with Gasteiger partial charge >= 0.3 is 16.9 Å². The van der Waals surface area contributed by atoms with Gasteiger partial charge in [0.1, 0.15) is 16.7 Å². The van der Waals surface area contributed by atoms with E-state index in [-0.39, 0.29) is 75.2 Å². The maximum atomic E-state index is 12.8. The molecule has 0 saturated carbocycles. The van der Waals surface area contributed by atoms with Gasteiger partial charge in [-0.1, -0.05) is 109 Å². The Morgan fingerprint density at radius 2 is 0.732 bits per heavy atom. The van der Waals surface area contributed by atoms with Gasteiger partial charge < -0.3 is 78.9 Å². The molecule has 0 unspecified atom stereocenters. The largest absolute Gasteiger partial charge is 1.00 e. The minimum Gasteiger partial charge on any atom is -1.00 e. The van der Waals surface area contributed by atoms with E-state index in [9.17, 15) is 14.4 Å². The average Bonchev–Trinajstić information content (AvgIpc) is 3.63. The summed E-state index contributed by atoms with van der Waals surface area (Å²) in [5, 5.41) is 4.20. The second kappa shape index (κ2) is 32.0. The van der Waals surface area contributed by atoms with Gasteiger partial charge in [-0.25, -0.2) is 14.4 Å². The molecule has 14 heteroatoms. The Bertz CT molecular complexity index is 2960. The fraction of sp³-hybridized carbons (Fsp3) is 0.603. The zero-order valence-corrected chi connectivity index (χ0v) is 56.0. The smallest absolute Gasteiger partial charge is 0.339 e. The summed E-state index contributed by atoms with van der Waals surface area (Å²) < 4.78 is 17.9. The van der Waals surface area contributed by atoms with Crippen LogP contribution in [0.5, 0.6) is 0 Å². The van der Waals surface area contributed by atoms with Gasteiger partial charge in [-0.05, 0) is 174 Å². The van der Waals surface area contributed by atoms with E-state index < -0.39 is 0 Å². The lowest BCUT2D eigenvalue weighted by molar-refractivity contribution is -0.001000. The summed E-state index contributed by atoms with van der Waals surface area (Å²) in [4.78, 5) is 45.9. The third kappa shape index (κ3) is 14.2. The highest BCUT2D eigenvalue weighted by Crippen LogP contribution is 2.44.